The van der Waals surface area contributed by atoms with Gasteiger partial charge in [0.2, 0.25) is 5.91 Å². The number of nitrogens with one attached hydrogen (secondary N) is 1. The molecule has 0 aliphatic rings. The standard InChI is InChI=1S/C45H84N2O5/c1-3-5-7-9-11-13-15-16-17-18-20-22-24-29-33-39-44(49)52-41(35-30-26-23-21-19-14-12-10-8-6-4-2)36-31-27-25-28-32-38-43(48)47-42(45(50)51)37-34-40-46/h16-17,21,23,41-42H,3-15,18-20,22,24-40,46H2,1-2H3,(H,47,48)(H,50,51)/b17-16-,23-21-. The lowest BCUT2D eigenvalue weighted by molar-refractivity contribution is -0.150. The Morgan fingerprint density at radius 2 is 0.962 bits per heavy atom. The Labute approximate surface area is 321 Å². The molecule has 0 aliphatic carbocycles. The molecule has 0 heterocycles. The van der Waals surface area contributed by atoms with Crippen LogP contribution in [-0.4, -0.2) is 41.6 Å². The van der Waals surface area contributed by atoms with E-state index in [1.165, 1.54) is 109 Å². The smallest absolute Gasteiger partial charge is 0.326 e. The van der Waals surface area contributed by atoms with Crippen LogP contribution in [-0.2, 0) is 19.1 Å². The fraction of sp³-hybridized carbons (Fsp3) is 0.844. The summed E-state index contributed by atoms with van der Waals surface area (Å²) >= 11 is 0. The van der Waals surface area contributed by atoms with Gasteiger partial charge >= 0.3 is 11.9 Å². The zero-order valence-corrected chi connectivity index (χ0v) is 34.2. The van der Waals surface area contributed by atoms with Crippen molar-refractivity contribution in [2.75, 3.05) is 6.54 Å². The molecule has 7 nitrogen and oxygen atoms in total. The number of nitrogens with two attached hydrogens (primary N) is 1. The average Bonchev–Trinajstić information content (AvgIpc) is 3.13. The van der Waals surface area contributed by atoms with Crippen LogP contribution in [0.2, 0.25) is 0 Å². The van der Waals surface area contributed by atoms with Crippen molar-refractivity contribution in [3.8, 4) is 0 Å². The van der Waals surface area contributed by atoms with Crippen molar-refractivity contribution in [2.45, 2.75) is 238 Å². The highest BCUT2D eigenvalue weighted by atomic mass is 16.5. The van der Waals surface area contributed by atoms with Crippen LogP contribution in [0, 0.1) is 0 Å². The number of carboxylic acids is 1. The van der Waals surface area contributed by atoms with E-state index >= 15 is 0 Å². The van der Waals surface area contributed by atoms with Crippen molar-refractivity contribution in [3.05, 3.63) is 24.3 Å². The number of ether oxygens (including phenoxy) is 1. The van der Waals surface area contributed by atoms with Gasteiger partial charge in [0.25, 0.3) is 0 Å². The molecule has 304 valence electrons. The predicted molar refractivity (Wildman–Crippen MR) is 220 cm³/mol. The van der Waals surface area contributed by atoms with Gasteiger partial charge in [0, 0.05) is 12.8 Å². The highest BCUT2D eigenvalue weighted by molar-refractivity contribution is 5.83. The van der Waals surface area contributed by atoms with Crippen LogP contribution in [0.5, 0.6) is 0 Å². The third-order valence-corrected chi connectivity index (χ3v) is 9.99. The Balaban J connectivity index is 4.33. The van der Waals surface area contributed by atoms with E-state index in [1.54, 1.807) is 0 Å². The summed E-state index contributed by atoms with van der Waals surface area (Å²) < 4.78 is 6.02. The SMILES string of the molecule is CCCCCCCC/C=C\CCCCCCCC(=O)OC(CCC/C=C\CCCCCCCC)CCCCCCCC(=O)NC(CCCN)C(=O)O. The number of hydrogen-bond acceptors (Lipinski definition) is 5. The van der Waals surface area contributed by atoms with E-state index in [9.17, 15) is 19.5 Å². The fourth-order valence-electron chi connectivity index (χ4n) is 6.62. The fourth-order valence-corrected chi connectivity index (χ4v) is 6.62. The summed E-state index contributed by atoms with van der Waals surface area (Å²) in [5.74, 6) is -1.25. The first-order valence-electron chi connectivity index (χ1n) is 22.2. The molecule has 0 aliphatic heterocycles. The third-order valence-electron chi connectivity index (χ3n) is 9.99. The van der Waals surface area contributed by atoms with E-state index in [0.717, 1.165) is 77.0 Å². The topological polar surface area (TPSA) is 119 Å². The lowest BCUT2D eigenvalue weighted by Gasteiger charge is -2.18. The minimum Gasteiger partial charge on any atom is -0.480 e. The van der Waals surface area contributed by atoms with Crippen LogP contribution in [0.3, 0.4) is 0 Å². The van der Waals surface area contributed by atoms with Gasteiger partial charge < -0.3 is 20.9 Å². The van der Waals surface area contributed by atoms with E-state index < -0.39 is 12.0 Å². The molecule has 0 fully saturated rings. The summed E-state index contributed by atoms with van der Waals surface area (Å²) in [5.41, 5.74) is 5.48. The van der Waals surface area contributed by atoms with Crippen LogP contribution in [0.4, 0.5) is 0 Å². The molecule has 0 rings (SSSR count). The first-order chi connectivity index (χ1) is 25.4. The minimum atomic E-state index is -1.01. The van der Waals surface area contributed by atoms with Crippen LogP contribution < -0.4 is 11.1 Å². The van der Waals surface area contributed by atoms with Gasteiger partial charge in [0.1, 0.15) is 12.1 Å². The molecule has 0 aromatic rings. The molecule has 2 unspecified atom stereocenters. The molecule has 52 heavy (non-hydrogen) atoms. The first kappa shape index (κ1) is 49.9. The van der Waals surface area contributed by atoms with Gasteiger partial charge in [-0.2, -0.15) is 0 Å². The minimum absolute atomic E-state index is 0.0187. The molecule has 0 radical (unpaired) electrons. The molecule has 0 bridgehead atoms. The van der Waals surface area contributed by atoms with Gasteiger partial charge in [-0.05, 0) is 103 Å². The lowest BCUT2D eigenvalue weighted by atomic mass is 10.0. The number of carbonyl (C=O) groups excluding carboxylic acids is 2. The van der Waals surface area contributed by atoms with Crippen molar-refractivity contribution >= 4 is 17.8 Å². The van der Waals surface area contributed by atoms with E-state index in [0.29, 0.717) is 32.2 Å². The number of carbonyl (C=O) groups is 3. The molecular formula is C45H84N2O5. The second-order valence-electron chi connectivity index (χ2n) is 15.1. The van der Waals surface area contributed by atoms with E-state index in [-0.39, 0.29) is 18.0 Å². The van der Waals surface area contributed by atoms with Gasteiger partial charge in [-0.15, -0.1) is 0 Å². The number of allylic oxidation sites excluding steroid dienone is 4. The molecular weight excluding hydrogens is 649 g/mol. The molecule has 1 amide bonds. The van der Waals surface area contributed by atoms with Gasteiger partial charge in [-0.1, -0.05) is 141 Å². The van der Waals surface area contributed by atoms with E-state index in [2.05, 4.69) is 43.5 Å². The van der Waals surface area contributed by atoms with Crippen LogP contribution in [0.1, 0.15) is 226 Å². The maximum Gasteiger partial charge on any atom is 0.326 e. The van der Waals surface area contributed by atoms with Crippen LogP contribution in [0.15, 0.2) is 24.3 Å². The lowest BCUT2D eigenvalue weighted by Crippen LogP contribution is -2.40. The number of rotatable bonds is 40. The summed E-state index contributed by atoms with van der Waals surface area (Å²) in [6.45, 7) is 4.94. The molecule has 2 atom stereocenters. The zero-order chi connectivity index (χ0) is 38.2. The summed E-state index contributed by atoms with van der Waals surface area (Å²) in [6, 6.07) is -0.858. The molecule has 4 N–H and O–H groups in total. The summed E-state index contributed by atoms with van der Waals surface area (Å²) in [7, 11) is 0. The third kappa shape index (κ3) is 36.2. The number of aliphatic carboxylic acids is 1. The normalized spacial score (nSPS) is 12.8. The number of hydrogen-bond donors (Lipinski definition) is 3. The maximum atomic E-state index is 12.8. The maximum absolute atomic E-state index is 12.8. The van der Waals surface area contributed by atoms with Gasteiger partial charge in [-0.3, -0.25) is 9.59 Å². The molecule has 0 aromatic heterocycles. The Bertz CT molecular complexity index is 874. The van der Waals surface area contributed by atoms with Crippen molar-refractivity contribution in [1.29, 1.82) is 0 Å². The number of carboxylic acid groups (broad SMARTS) is 1. The number of amides is 1. The molecule has 7 heteroatoms. The second kappa shape index (κ2) is 40.0. The van der Waals surface area contributed by atoms with E-state index in [1.807, 2.05) is 0 Å². The molecule has 0 saturated heterocycles. The molecule has 0 spiro atoms. The van der Waals surface area contributed by atoms with Crippen molar-refractivity contribution in [3.63, 3.8) is 0 Å². The highest BCUT2D eigenvalue weighted by Crippen LogP contribution is 2.18. The highest BCUT2D eigenvalue weighted by Gasteiger charge is 2.19. The molecule has 0 aromatic carbocycles. The zero-order valence-electron chi connectivity index (χ0n) is 34.2. The van der Waals surface area contributed by atoms with Gasteiger partial charge in [0.15, 0.2) is 0 Å². The van der Waals surface area contributed by atoms with Gasteiger partial charge in [-0.25, -0.2) is 4.79 Å². The Morgan fingerprint density at radius 3 is 1.46 bits per heavy atom. The predicted octanol–water partition coefficient (Wildman–Crippen LogP) is 12.5. The monoisotopic (exact) mass is 733 g/mol. The van der Waals surface area contributed by atoms with Crippen molar-refractivity contribution in [2.24, 2.45) is 5.73 Å². The van der Waals surface area contributed by atoms with Gasteiger partial charge in [0.05, 0.1) is 0 Å². The summed E-state index contributed by atoms with van der Waals surface area (Å²) in [5, 5.41) is 11.9. The summed E-state index contributed by atoms with van der Waals surface area (Å²) in [6.07, 6.45) is 45.1. The largest absolute Gasteiger partial charge is 0.480 e. The average molecular weight is 733 g/mol. The second-order valence-corrected chi connectivity index (χ2v) is 15.1. The Morgan fingerprint density at radius 1 is 0.538 bits per heavy atom. The number of unbranched alkanes of at least 4 members (excludes halogenated alkanes) is 22. The van der Waals surface area contributed by atoms with Crippen molar-refractivity contribution in [1.82, 2.24) is 5.32 Å². The quantitative estimate of drug-likeness (QED) is 0.0328. The van der Waals surface area contributed by atoms with Crippen LogP contribution in [0.25, 0.3) is 0 Å². The van der Waals surface area contributed by atoms with Crippen molar-refractivity contribution < 1.29 is 24.2 Å². The first-order valence-corrected chi connectivity index (χ1v) is 22.2. The molecule has 0 saturated carbocycles. The van der Waals surface area contributed by atoms with E-state index in [4.69, 9.17) is 10.5 Å². The van der Waals surface area contributed by atoms with Crippen LogP contribution >= 0.6 is 0 Å². The summed E-state index contributed by atoms with van der Waals surface area (Å²) in [4.78, 5) is 36.3. The Hall–Kier alpha value is -2.15. The number of esters is 1. The Kier molecular flexibility index (Phi) is 38.4.